The lowest BCUT2D eigenvalue weighted by atomic mass is 9.99. The van der Waals surface area contributed by atoms with Crippen LogP contribution in [0.25, 0.3) is 78.4 Å². The molecule has 6 aromatic carbocycles. The van der Waals surface area contributed by atoms with E-state index in [-0.39, 0.29) is 0 Å². The first kappa shape index (κ1) is 26.1. The Balaban J connectivity index is 1.22. The molecule has 208 valence electrons. The molecular formula is C39H24ClN3O. The summed E-state index contributed by atoms with van der Waals surface area (Å²) in [7, 11) is 0. The minimum absolute atomic E-state index is 0.624. The summed E-state index contributed by atoms with van der Waals surface area (Å²) in [5.41, 5.74) is 8.69. The van der Waals surface area contributed by atoms with Crippen molar-refractivity contribution in [2.45, 2.75) is 0 Å². The van der Waals surface area contributed by atoms with Crippen molar-refractivity contribution >= 4 is 33.5 Å². The van der Waals surface area contributed by atoms with Gasteiger partial charge in [0.05, 0.1) is 0 Å². The predicted molar refractivity (Wildman–Crippen MR) is 179 cm³/mol. The molecule has 8 rings (SSSR count). The molecule has 0 radical (unpaired) electrons. The number of hydrogen-bond donors (Lipinski definition) is 0. The Bertz CT molecular complexity index is 2200. The van der Waals surface area contributed by atoms with E-state index in [4.69, 9.17) is 31.0 Å². The standard InChI is InChI=1S/C39H24ClN3O/c40-30-23-21-26(22-24-30)32-14-8-16-34-33-15-7-13-31(35(33)44-36(32)34)25-17-19-29(20-18-25)39-42-37(27-9-3-1-4-10-27)41-38(43-39)28-11-5-2-6-12-28/h1-24H. The zero-order valence-electron chi connectivity index (χ0n) is 23.5. The van der Waals surface area contributed by atoms with Crippen LogP contribution in [-0.4, -0.2) is 15.0 Å². The van der Waals surface area contributed by atoms with Crippen molar-refractivity contribution in [2.75, 3.05) is 0 Å². The van der Waals surface area contributed by atoms with Gasteiger partial charge in [-0.05, 0) is 23.3 Å². The number of benzene rings is 6. The van der Waals surface area contributed by atoms with Gasteiger partial charge >= 0.3 is 0 Å². The number of nitrogens with zero attached hydrogens (tertiary/aromatic N) is 3. The van der Waals surface area contributed by atoms with Crippen molar-refractivity contribution in [3.8, 4) is 56.4 Å². The van der Waals surface area contributed by atoms with E-state index in [9.17, 15) is 0 Å². The number of hydrogen-bond acceptors (Lipinski definition) is 4. The number of aromatic nitrogens is 3. The largest absolute Gasteiger partial charge is 0.455 e. The number of para-hydroxylation sites is 2. The van der Waals surface area contributed by atoms with Crippen molar-refractivity contribution in [2.24, 2.45) is 0 Å². The molecule has 0 amide bonds. The number of fused-ring (bicyclic) bond motifs is 3. The van der Waals surface area contributed by atoms with E-state index in [0.29, 0.717) is 22.5 Å². The van der Waals surface area contributed by atoms with Crippen LogP contribution in [0, 0.1) is 0 Å². The van der Waals surface area contributed by atoms with Gasteiger partial charge in [-0.3, -0.25) is 0 Å². The Morgan fingerprint density at radius 1 is 0.364 bits per heavy atom. The number of furan rings is 1. The van der Waals surface area contributed by atoms with Crippen LogP contribution in [0.1, 0.15) is 0 Å². The lowest BCUT2D eigenvalue weighted by Crippen LogP contribution is -2.00. The minimum atomic E-state index is 0.624. The summed E-state index contributed by atoms with van der Waals surface area (Å²) in [6.45, 7) is 0. The maximum absolute atomic E-state index is 6.63. The fourth-order valence-electron chi connectivity index (χ4n) is 5.64. The van der Waals surface area contributed by atoms with Crippen LogP contribution < -0.4 is 0 Å². The average molecular weight is 586 g/mol. The third kappa shape index (κ3) is 4.72. The monoisotopic (exact) mass is 585 g/mol. The van der Waals surface area contributed by atoms with Crippen molar-refractivity contribution in [3.63, 3.8) is 0 Å². The van der Waals surface area contributed by atoms with Gasteiger partial charge in [0.2, 0.25) is 0 Å². The Labute approximate surface area is 259 Å². The highest BCUT2D eigenvalue weighted by Gasteiger charge is 2.17. The molecule has 5 heteroatoms. The average Bonchev–Trinajstić information content (AvgIpc) is 3.49. The molecule has 0 N–H and O–H groups in total. The summed E-state index contributed by atoms with van der Waals surface area (Å²) in [5.74, 6) is 1.91. The highest BCUT2D eigenvalue weighted by atomic mass is 35.5. The second kappa shape index (κ2) is 10.9. The summed E-state index contributed by atoms with van der Waals surface area (Å²) >= 11 is 6.16. The minimum Gasteiger partial charge on any atom is -0.455 e. The van der Waals surface area contributed by atoms with Gasteiger partial charge in [-0.2, -0.15) is 0 Å². The van der Waals surface area contributed by atoms with Crippen LogP contribution in [0.2, 0.25) is 5.02 Å². The normalized spacial score (nSPS) is 11.3. The van der Waals surface area contributed by atoms with Gasteiger partial charge in [-0.1, -0.05) is 145 Å². The molecule has 44 heavy (non-hydrogen) atoms. The van der Waals surface area contributed by atoms with Crippen LogP contribution in [0.4, 0.5) is 0 Å². The Hall–Kier alpha value is -5.58. The Morgan fingerprint density at radius 3 is 1.20 bits per heavy atom. The Morgan fingerprint density at radius 2 is 0.750 bits per heavy atom. The predicted octanol–water partition coefficient (Wildman–Crippen LogP) is 10.8. The molecule has 0 aliphatic carbocycles. The third-order valence-corrected chi connectivity index (χ3v) is 8.09. The molecule has 0 atom stereocenters. The fourth-order valence-corrected chi connectivity index (χ4v) is 5.77. The van der Waals surface area contributed by atoms with Gasteiger partial charge in [0.1, 0.15) is 11.2 Å². The highest BCUT2D eigenvalue weighted by molar-refractivity contribution is 6.30. The molecular weight excluding hydrogens is 562 g/mol. The zero-order valence-corrected chi connectivity index (χ0v) is 24.2. The molecule has 0 saturated heterocycles. The molecule has 4 nitrogen and oxygen atoms in total. The SMILES string of the molecule is Clc1ccc(-c2cccc3c2oc2c(-c4ccc(-c5nc(-c6ccccc6)nc(-c6ccccc6)n5)cc4)cccc23)cc1. The van der Waals surface area contributed by atoms with Gasteiger partial charge in [0.15, 0.2) is 17.5 Å². The highest BCUT2D eigenvalue weighted by Crippen LogP contribution is 2.40. The maximum atomic E-state index is 6.63. The lowest BCUT2D eigenvalue weighted by molar-refractivity contribution is 0.671. The molecule has 2 heterocycles. The zero-order chi connectivity index (χ0) is 29.5. The van der Waals surface area contributed by atoms with E-state index in [0.717, 1.165) is 60.9 Å². The smallest absolute Gasteiger partial charge is 0.164 e. The van der Waals surface area contributed by atoms with Crippen molar-refractivity contribution < 1.29 is 4.42 Å². The fraction of sp³-hybridized carbons (Fsp3) is 0. The van der Waals surface area contributed by atoms with E-state index in [2.05, 4.69) is 60.7 Å². The molecule has 0 bridgehead atoms. The van der Waals surface area contributed by atoms with E-state index in [1.54, 1.807) is 0 Å². The molecule has 0 aliphatic rings. The van der Waals surface area contributed by atoms with Gasteiger partial charge in [0.25, 0.3) is 0 Å². The Kier molecular flexibility index (Phi) is 6.47. The number of rotatable bonds is 5. The molecule has 8 aromatic rings. The first-order valence-electron chi connectivity index (χ1n) is 14.4. The van der Waals surface area contributed by atoms with Gasteiger partial charge in [-0.15, -0.1) is 0 Å². The summed E-state index contributed by atoms with van der Waals surface area (Å²) in [6.07, 6.45) is 0. The molecule has 2 aromatic heterocycles. The van der Waals surface area contributed by atoms with Crippen molar-refractivity contribution in [1.29, 1.82) is 0 Å². The van der Waals surface area contributed by atoms with E-state index in [1.165, 1.54) is 0 Å². The molecule has 0 aliphatic heterocycles. The second-order valence-electron chi connectivity index (χ2n) is 10.6. The van der Waals surface area contributed by atoms with Crippen LogP contribution in [0.15, 0.2) is 150 Å². The molecule has 0 saturated carbocycles. The molecule has 0 fully saturated rings. The number of halogens is 1. The summed E-state index contributed by atoms with van der Waals surface area (Å²) in [5, 5.41) is 2.87. The van der Waals surface area contributed by atoms with E-state index >= 15 is 0 Å². The van der Waals surface area contributed by atoms with E-state index < -0.39 is 0 Å². The second-order valence-corrected chi connectivity index (χ2v) is 11.0. The quantitative estimate of drug-likeness (QED) is 0.201. The molecule has 0 unspecified atom stereocenters. The van der Waals surface area contributed by atoms with Crippen LogP contribution in [0.3, 0.4) is 0 Å². The van der Waals surface area contributed by atoms with Gasteiger partial charge < -0.3 is 4.42 Å². The van der Waals surface area contributed by atoms with Gasteiger partial charge in [0, 0.05) is 43.6 Å². The third-order valence-electron chi connectivity index (χ3n) is 7.83. The lowest BCUT2D eigenvalue weighted by Gasteiger charge is -2.09. The first-order valence-corrected chi connectivity index (χ1v) is 14.8. The summed E-state index contributed by atoms with van der Waals surface area (Å²) < 4.78 is 6.63. The van der Waals surface area contributed by atoms with Crippen molar-refractivity contribution in [1.82, 2.24) is 15.0 Å². The maximum Gasteiger partial charge on any atom is 0.164 e. The van der Waals surface area contributed by atoms with Crippen LogP contribution >= 0.6 is 11.6 Å². The summed E-state index contributed by atoms with van der Waals surface area (Å²) in [6, 6.07) is 48.8. The molecule has 0 spiro atoms. The van der Waals surface area contributed by atoms with Gasteiger partial charge in [-0.25, -0.2) is 15.0 Å². The van der Waals surface area contributed by atoms with Crippen molar-refractivity contribution in [3.05, 3.63) is 151 Å². The van der Waals surface area contributed by atoms with E-state index in [1.807, 2.05) is 84.9 Å². The summed E-state index contributed by atoms with van der Waals surface area (Å²) in [4.78, 5) is 14.6. The van der Waals surface area contributed by atoms with Crippen LogP contribution in [-0.2, 0) is 0 Å². The van der Waals surface area contributed by atoms with Crippen LogP contribution in [0.5, 0.6) is 0 Å². The topological polar surface area (TPSA) is 51.8 Å². The first-order chi connectivity index (χ1) is 21.7.